The highest BCUT2D eigenvalue weighted by molar-refractivity contribution is 5.80. The van der Waals surface area contributed by atoms with Crippen molar-refractivity contribution in [3.05, 3.63) is 35.9 Å². The molecule has 1 aliphatic carbocycles. The molecule has 2 rings (SSSR count). The van der Waals surface area contributed by atoms with Gasteiger partial charge in [-0.2, -0.15) is 0 Å². The van der Waals surface area contributed by atoms with Crippen molar-refractivity contribution in [3.63, 3.8) is 0 Å². The predicted molar refractivity (Wildman–Crippen MR) is 77.7 cm³/mol. The molecule has 1 aromatic rings. The third kappa shape index (κ3) is 3.80. The fourth-order valence-electron chi connectivity index (χ4n) is 2.86. The molecule has 1 saturated carbocycles. The van der Waals surface area contributed by atoms with Crippen LogP contribution in [0, 0.1) is 5.92 Å². The van der Waals surface area contributed by atoms with E-state index in [-0.39, 0.29) is 17.4 Å². The molecule has 1 aromatic carbocycles. The van der Waals surface area contributed by atoms with Crippen LogP contribution in [0.1, 0.15) is 38.2 Å². The largest absolute Gasteiger partial charge is 0.351 e. The Balaban J connectivity index is 1.95. The lowest BCUT2D eigenvalue weighted by molar-refractivity contribution is -0.126. The lowest BCUT2D eigenvalue weighted by atomic mass is 9.95. The second-order valence-electron chi connectivity index (χ2n) is 5.88. The van der Waals surface area contributed by atoms with Crippen molar-refractivity contribution >= 4 is 5.91 Å². The molecule has 1 aliphatic rings. The zero-order valence-corrected chi connectivity index (χ0v) is 11.7. The lowest BCUT2D eigenvalue weighted by Gasteiger charge is -2.28. The van der Waals surface area contributed by atoms with Gasteiger partial charge in [0.25, 0.3) is 0 Å². The highest BCUT2D eigenvalue weighted by Gasteiger charge is 2.32. The molecule has 19 heavy (non-hydrogen) atoms. The van der Waals surface area contributed by atoms with Gasteiger partial charge in [-0.25, -0.2) is 0 Å². The van der Waals surface area contributed by atoms with Gasteiger partial charge in [0.2, 0.25) is 5.91 Å². The van der Waals surface area contributed by atoms with Crippen LogP contribution in [0.3, 0.4) is 0 Å². The first-order valence-corrected chi connectivity index (χ1v) is 7.19. The third-order valence-electron chi connectivity index (χ3n) is 4.11. The van der Waals surface area contributed by atoms with Gasteiger partial charge in [0, 0.05) is 12.1 Å². The predicted octanol–water partition coefficient (Wildman–Crippen LogP) is 2.25. The number of carbonyl (C=O) groups excluding carboxylic acids is 1. The molecule has 3 heteroatoms. The Morgan fingerprint density at radius 2 is 1.95 bits per heavy atom. The smallest absolute Gasteiger partial charge is 0.225 e. The Labute approximate surface area is 115 Å². The summed E-state index contributed by atoms with van der Waals surface area (Å²) < 4.78 is 0. The van der Waals surface area contributed by atoms with Gasteiger partial charge in [-0.3, -0.25) is 4.79 Å². The molecular weight excluding hydrogens is 236 g/mol. The number of hydrogen-bond donors (Lipinski definition) is 2. The molecule has 3 N–H and O–H groups in total. The van der Waals surface area contributed by atoms with E-state index in [0.29, 0.717) is 6.54 Å². The molecule has 0 radical (unpaired) electrons. The molecule has 0 aromatic heterocycles. The van der Waals surface area contributed by atoms with Crippen LogP contribution in [0.2, 0.25) is 0 Å². The van der Waals surface area contributed by atoms with E-state index in [4.69, 9.17) is 5.73 Å². The van der Waals surface area contributed by atoms with Crippen LogP contribution < -0.4 is 11.1 Å². The quantitative estimate of drug-likeness (QED) is 0.853. The fourth-order valence-corrected chi connectivity index (χ4v) is 2.86. The van der Waals surface area contributed by atoms with Gasteiger partial charge in [0.1, 0.15) is 0 Å². The van der Waals surface area contributed by atoms with E-state index in [9.17, 15) is 4.79 Å². The normalized spacial score (nSPS) is 19.1. The summed E-state index contributed by atoms with van der Waals surface area (Å²) in [7, 11) is 0. The van der Waals surface area contributed by atoms with Crippen molar-refractivity contribution in [3.8, 4) is 0 Å². The van der Waals surface area contributed by atoms with Crippen LogP contribution >= 0.6 is 0 Å². The highest BCUT2D eigenvalue weighted by atomic mass is 16.2. The lowest BCUT2D eigenvalue weighted by Crippen LogP contribution is -2.48. The molecule has 104 valence electrons. The number of rotatable bonds is 5. The zero-order valence-electron chi connectivity index (χ0n) is 11.7. The highest BCUT2D eigenvalue weighted by Crippen LogP contribution is 2.29. The summed E-state index contributed by atoms with van der Waals surface area (Å²) in [6.45, 7) is 2.55. The Hall–Kier alpha value is -1.35. The van der Waals surface area contributed by atoms with E-state index in [1.807, 2.05) is 30.3 Å². The first-order chi connectivity index (χ1) is 9.13. The van der Waals surface area contributed by atoms with Crippen LogP contribution in [0.5, 0.6) is 0 Å². The van der Waals surface area contributed by atoms with E-state index in [0.717, 1.165) is 19.3 Å². The minimum Gasteiger partial charge on any atom is -0.351 e. The zero-order chi connectivity index (χ0) is 13.7. The minimum atomic E-state index is -0.125. The first kappa shape index (κ1) is 14.1. The van der Waals surface area contributed by atoms with Crippen molar-refractivity contribution in [2.24, 2.45) is 11.7 Å². The number of benzene rings is 1. The second kappa shape index (κ2) is 6.20. The molecule has 1 unspecified atom stereocenters. The Kier molecular flexibility index (Phi) is 4.59. The molecule has 0 aliphatic heterocycles. The standard InChI is InChI=1S/C16H24N2O/c1-16(9-5-6-10-16)18-15(19)14(12-17)11-13-7-3-2-4-8-13/h2-4,7-8,14H,5-6,9-12,17H2,1H3,(H,18,19). The summed E-state index contributed by atoms with van der Waals surface area (Å²) >= 11 is 0. The van der Waals surface area contributed by atoms with Gasteiger partial charge in [-0.15, -0.1) is 0 Å². The minimum absolute atomic E-state index is 0.0127. The topological polar surface area (TPSA) is 55.1 Å². The van der Waals surface area contributed by atoms with Gasteiger partial charge in [0.05, 0.1) is 5.92 Å². The van der Waals surface area contributed by atoms with Gasteiger partial charge in [-0.05, 0) is 31.7 Å². The average molecular weight is 260 g/mol. The Morgan fingerprint density at radius 1 is 1.32 bits per heavy atom. The van der Waals surface area contributed by atoms with Crippen LogP contribution in [0.25, 0.3) is 0 Å². The van der Waals surface area contributed by atoms with Crippen molar-refractivity contribution in [2.45, 2.75) is 44.6 Å². The number of carbonyl (C=O) groups is 1. The summed E-state index contributed by atoms with van der Waals surface area (Å²) in [5, 5.41) is 3.21. The van der Waals surface area contributed by atoms with Crippen LogP contribution in [-0.4, -0.2) is 18.0 Å². The summed E-state index contributed by atoms with van der Waals surface area (Å²) in [6, 6.07) is 10.1. The van der Waals surface area contributed by atoms with E-state index < -0.39 is 0 Å². The van der Waals surface area contributed by atoms with Gasteiger partial charge in [-0.1, -0.05) is 43.2 Å². The van der Waals surface area contributed by atoms with Crippen molar-refractivity contribution in [1.82, 2.24) is 5.32 Å². The number of nitrogens with one attached hydrogen (secondary N) is 1. The molecule has 1 fully saturated rings. The average Bonchev–Trinajstić information content (AvgIpc) is 2.83. The van der Waals surface area contributed by atoms with Crippen LogP contribution in [0.15, 0.2) is 30.3 Å². The summed E-state index contributed by atoms with van der Waals surface area (Å²) in [5.74, 6) is -0.0180. The van der Waals surface area contributed by atoms with Crippen LogP contribution in [0.4, 0.5) is 0 Å². The molecule has 1 amide bonds. The number of hydrogen-bond acceptors (Lipinski definition) is 2. The molecule has 0 heterocycles. The molecule has 0 bridgehead atoms. The maximum atomic E-state index is 12.3. The monoisotopic (exact) mass is 260 g/mol. The van der Waals surface area contributed by atoms with E-state index >= 15 is 0 Å². The molecule has 1 atom stereocenters. The molecule has 0 saturated heterocycles. The van der Waals surface area contributed by atoms with Gasteiger partial charge < -0.3 is 11.1 Å². The SMILES string of the molecule is CC1(NC(=O)C(CN)Cc2ccccc2)CCCC1. The fraction of sp³-hybridized carbons (Fsp3) is 0.562. The summed E-state index contributed by atoms with van der Waals surface area (Å²) in [5.41, 5.74) is 6.94. The van der Waals surface area contributed by atoms with E-state index in [1.54, 1.807) is 0 Å². The Morgan fingerprint density at radius 3 is 2.53 bits per heavy atom. The first-order valence-electron chi connectivity index (χ1n) is 7.19. The summed E-state index contributed by atoms with van der Waals surface area (Å²) in [4.78, 5) is 12.3. The summed E-state index contributed by atoms with van der Waals surface area (Å²) in [6.07, 6.45) is 5.31. The van der Waals surface area contributed by atoms with Crippen LogP contribution in [-0.2, 0) is 11.2 Å². The van der Waals surface area contributed by atoms with Gasteiger partial charge >= 0.3 is 0 Å². The second-order valence-corrected chi connectivity index (χ2v) is 5.88. The van der Waals surface area contributed by atoms with E-state index in [1.165, 1.54) is 18.4 Å². The van der Waals surface area contributed by atoms with Crippen molar-refractivity contribution < 1.29 is 4.79 Å². The van der Waals surface area contributed by atoms with E-state index in [2.05, 4.69) is 12.2 Å². The number of nitrogens with two attached hydrogens (primary N) is 1. The maximum Gasteiger partial charge on any atom is 0.225 e. The molecule has 0 spiro atoms. The van der Waals surface area contributed by atoms with Crippen molar-refractivity contribution in [2.75, 3.05) is 6.54 Å². The maximum absolute atomic E-state index is 12.3. The molecule has 3 nitrogen and oxygen atoms in total. The van der Waals surface area contributed by atoms with Gasteiger partial charge in [0.15, 0.2) is 0 Å². The number of amides is 1. The molecular formula is C16H24N2O. The van der Waals surface area contributed by atoms with Crippen molar-refractivity contribution in [1.29, 1.82) is 0 Å². The Bertz CT molecular complexity index is 410. The third-order valence-corrected chi connectivity index (χ3v) is 4.11.